The van der Waals surface area contributed by atoms with E-state index in [-0.39, 0.29) is 34.6 Å². The van der Waals surface area contributed by atoms with E-state index < -0.39 is 11.8 Å². The summed E-state index contributed by atoms with van der Waals surface area (Å²) in [7, 11) is 1.72. The number of thioether (sulfide) groups is 2. The molecule has 17 nitrogen and oxygen atoms in total. The number of anilines is 4. The van der Waals surface area contributed by atoms with Crippen molar-refractivity contribution >= 4 is 118 Å². The Labute approximate surface area is 375 Å². The lowest BCUT2D eigenvalue weighted by molar-refractivity contribution is -0.116. The lowest BCUT2D eigenvalue weighted by atomic mass is 10.1. The van der Waals surface area contributed by atoms with Crippen LogP contribution in [0.2, 0.25) is 10.0 Å². The van der Waals surface area contributed by atoms with Crippen LogP contribution in [0.1, 0.15) is 59.3 Å². The van der Waals surface area contributed by atoms with Gasteiger partial charge in [0.1, 0.15) is 12.0 Å². The topological polar surface area (TPSA) is 277 Å². The normalized spacial score (nSPS) is 10.7. The van der Waals surface area contributed by atoms with Crippen LogP contribution in [0, 0.1) is 0 Å². The third-order valence-electron chi connectivity index (χ3n) is 7.75. The van der Waals surface area contributed by atoms with Crippen LogP contribution in [0.4, 0.5) is 22.7 Å². The number of halogens is 2. The number of nitrogens with two attached hydrogens (primary N) is 3. The van der Waals surface area contributed by atoms with Gasteiger partial charge in [-0.1, -0.05) is 28.8 Å². The first-order chi connectivity index (χ1) is 29.3. The number of benzene rings is 2. The second-order valence-electron chi connectivity index (χ2n) is 12.8. The molecule has 0 saturated carbocycles. The molecule has 0 aliphatic rings. The first-order valence-electron chi connectivity index (χ1n) is 19.2. The molecule has 2 rings (SSSR count). The van der Waals surface area contributed by atoms with Gasteiger partial charge in [-0.15, -0.1) is 23.5 Å². The molecule has 0 aromatic heterocycles. The number of carbonyl (C=O) groups excluding carboxylic acids is 6. The quantitative estimate of drug-likeness (QED) is 0.0105. The van der Waals surface area contributed by atoms with E-state index in [2.05, 4.69) is 41.9 Å². The van der Waals surface area contributed by atoms with Gasteiger partial charge in [0.2, 0.25) is 18.7 Å². The Bertz CT molecular complexity index is 1900. The summed E-state index contributed by atoms with van der Waals surface area (Å²) < 4.78 is 0. The molecule has 2 aromatic carbocycles. The van der Waals surface area contributed by atoms with Gasteiger partial charge in [-0.25, -0.2) is 0 Å². The van der Waals surface area contributed by atoms with Gasteiger partial charge in [0.15, 0.2) is 5.96 Å². The Morgan fingerprint density at radius 1 is 0.770 bits per heavy atom. The van der Waals surface area contributed by atoms with Gasteiger partial charge in [-0.3, -0.25) is 34.0 Å². The third-order valence-corrected chi connectivity index (χ3v) is 10.5. The van der Waals surface area contributed by atoms with E-state index in [0.29, 0.717) is 113 Å². The van der Waals surface area contributed by atoms with Crippen LogP contribution in [-0.4, -0.2) is 93.7 Å². The van der Waals surface area contributed by atoms with Crippen LogP contribution in [0.15, 0.2) is 67.0 Å². The lowest BCUT2D eigenvalue weighted by Crippen LogP contribution is -2.23. The zero-order valence-electron chi connectivity index (χ0n) is 34.8. The average Bonchev–Trinajstić information content (AvgIpc) is 3.20. The average molecular weight is 923 g/mol. The van der Waals surface area contributed by atoms with Gasteiger partial charge < -0.3 is 53.9 Å². The maximum atomic E-state index is 14.0. The number of carbonyl (C=O) groups is 6. The largest absolute Gasteiger partial charge is 0.387 e. The fraction of sp³-hybridized carbons (Fsp3) is 0.400. The summed E-state index contributed by atoms with van der Waals surface area (Å²) in [6.45, 7) is 6.87. The number of hydrogen-bond acceptors (Lipinski definition) is 12. The van der Waals surface area contributed by atoms with Crippen LogP contribution in [0.3, 0.4) is 0 Å². The van der Waals surface area contributed by atoms with Gasteiger partial charge in [-0.2, -0.15) is 0 Å². The highest BCUT2D eigenvalue weighted by Gasteiger charge is 2.21. The van der Waals surface area contributed by atoms with E-state index in [1.165, 1.54) is 35.8 Å². The van der Waals surface area contributed by atoms with E-state index >= 15 is 0 Å². The van der Waals surface area contributed by atoms with Crippen molar-refractivity contribution in [3.05, 3.63) is 57.2 Å². The summed E-state index contributed by atoms with van der Waals surface area (Å²) in [5.41, 5.74) is 18.3. The Balaban J connectivity index is 0.00000243. The number of unbranched alkanes of at least 4 members (excludes halogenated alkanes) is 3. The summed E-state index contributed by atoms with van der Waals surface area (Å²) >= 11 is 15.6. The minimum atomic E-state index is -0.609. The van der Waals surface area contributed by atoms with E-state index in [0.717, 1.165) is 19.1 Å². The van der Waals surface area contributed by atoms with Crippen LogP contribution in [0.25, 0.3) is 0 Å². The van der Waals surface area contributed by atoms with Crippen molar-refractivity contribution < 1.29 is 28.8 Å². The van der Waals surface area contributed by atoms with Crippen molar-refractivity contribution in [2.75, 3.05) is 66.0 Å². The molecule has 0 spiro atoms. The summed E-state index contributed by atoms with van der Waals surface area (Å²) in [5, 5.41) is 17.5. The lowest BCUT2D eigenvalue weighted by Gasteiger charge is -2.18. The predicted octanol–water partition coefficient (Wildman–Crippen LogP) is 5.30. The van der Waals surface area contributed by atoms with E-state index in [9.17, 15) is 28.8 Å². The molecule has 0 aliphatic carbocycles. The van der Waals surface area contributed by atoms with Gasteiger partial charge in [0, 0.05) is 72.9 Å². The summed E-state index contributed by atoms with van der Waals surface area (Å²) in [4.78, 5) is 81.3. The molecule has 5 amide bonds. The second-order valence-corrected chi connectivity index (χ2v) is 15.8. The highest BCUT2D eigenvalue weighted by Crippen LogP contribution is 2.39. The monoisotopic (exact) mass is 921 g/mol. The molecule has 0 heterocycles. The van der Waals surface area contributed by atoms with Gasteiger partial charge in [0.25, 0.3) is 11.8 Å². The van der Waals surface area contributed by atoms with Crippen LogP contribution in [0.5, 0.6) is 0 Å². The Morgan fingerprint density at radius 2 is 1.31 bits per heavy atom. The predicted molar refractivity (Wildman–Crippen MR) is 252 cm³/mol. The van der Waals surface area contributed by atoms with Crippen molar-refractivity contribution in [2.45, 2.75) is 69.1 Å². The van der Waals surface area contributed by atoms with Crippen LogP contribution in [-0.2, 0) is 28.8 Å². The smallest absolute Gasteiger partial charge is 0.274 e. The van der Waals surface area contributed by atoms with Gasteiger partial charge in [0.05, 0.1) is 32.5 Å². The second kappa shape index (κ2) is 31.7. The highest BCUT2D eigenvalue weighted by molar-refractivity contribution is 7.99. The number of aldehydes is 1. The molecule has 0 fully saturated rings. The number of hydrogen-bond donors (Lipinski definition) is 9. The molecule has 61 heavy (non-hydrogen) atoms. The number of amides is 5. The van der Waals surface area contributed by atoms with E-state index in [4.69, 9.17) is 40.4 Å². The molecule has 0 bridgehead atoms. The maximum Gasteiger partial charge on any atom is 0.274 e. The van der Waals surface area contributed by atoms with Crippen molar-refractivity contribution in [1.29, 1.82) is 0 Å². The first-order valence-corrected chi connectivity index (χ1v) is 21.9. The molecular weight excluding hydrogens is 866 g/mol. The molecule has 0 atom stereocenters. The minimum absolute atomic E-state index is 0.0191. The molecule has 21 heteroatoms. The minimum Gasteiger partial charge on any atom is -0.387 e. The number of nitrogens with zero attached hydrogens (tertiary/aromatic N) is 2. The van der Waals surface area contributed by atoms with Crippen molar-refractivity contribution in [1.82, 2.24) is 10.6 Å². The summed E-state index contributed by atoms with van der Waals surface area (Å²) in [6.07, 6.45) is 8.81. The summed E-state index contributed by atoms with van der Waals surface area (Å²) in [6, 6.07) is 6.44. The molecule has 0 unspecified atom stereocenters. The zero-order valence-corrected chi connectivity index (χ0v) is 38.0. The number of allylic oxidation sites excluding steroid dienone is 1. The van der Waals surface area contributed by atoms with Gasteiger partial charge in [-0.05, 0) is 83.3 Å². The molecule has 0 radical (unpaired) electrons. The SMILES string of the molecule is CC=N/C(=C\C(C(=O)Nc1cc(Cl)cc(NC(=O)CCCCN=C(N)N)c1SCCNC=O)=C(C)C)C(=O)Nc1cc(Cl)cc(NC)c1SCCNC=O.NCCCCC=O. The molecule has 12 N–H and O–H groups in total. The maximum absolute atomic E-state index is 14.0. The summed E-state index contributed by atoms with van der Waals surface area (Å²) in [5.74, 6) is -0.565. The molecule has 2 aromatic rings. The standard InChI is InChI=1S/C35H46Cl2N10O5S2.C5H11NO/c1-5-43-29(34(52)47-27-16-22(36)14-25(40-4)31(27)53-12-10-41-19-48)18-24(21(2)3)33(51)46-28-17-23(37)15-26(32(28)54-13-11-42-20-49)45-30(50)8-6-7-9-44-35(38)39;6-4-2-1-3-5-7/h5,14-20,40H,6-13H2,1-4H3,(H,41,48)(H,42,49)(H,45,50)(H,46,51)(H,47,52)(H4,38,39,44);5H,1-4,6H2/b29-18-,43-5?;. The molecule has 0 aliphatic heterocycles. The number of rotatable bonds is 27. The number of aliphatic imine (C=N–C) groups is 2. The van der Waals surface area contributed by atoms with Crippen molar-refractivity contribution in [2.24, 2.45) is 27.2 Å². The van der Waals surface area contributed by atoms with Crippen LogP contribution >= 0.6 is 46.7 Å². The van der Waals surface area contributed by atoms with Crippen molar-refractivity contribution in [3.63, 3.8) is 0 Å². The third kappa shape index (κ3) is 21.8. The van der Waals surface area contributed by atoms with E-state index in [1.807, 2.05) is 0 Å². The Kier molecular flexibility index (Phi) is 28.1. The highest BCUT2D eigenvalue weighted by atomic mass is 35.5. The number of nitrogens with one attached hydrogen (secondary N) is 6. The fourth-order valence-corrected chi connectivity index (χ4v) is 7.34. The Hall–Kier alpha value is -5.08. The molecular formula is C40H57Cl2N11O6S2. The Morgan fingerprint density at radius 3 is 1.80 bits per heavy atom. The molecule has 334 valence electrons. The fourth-order valence-electron chi connectivity index (χ4n) is 4.94. The first kappa shape index (κ1) is 53.9. The molecule has 0 saturated heterocycles. The number of guanidine groups is 1. The van der Waals surface area contributed by atoms with Crippen LogP contribution < -0.4 is 49.1 Å². The van der Waals surface area contributed by atoms with E-state index in [1.54, 1.807) is 52.1 Å². The zero-order chi connectivity index (χ0) is 45.6. The van der Waals surface area contributed by atoms with Crippen molar-refractivity contribution in [3.8, 4) is 0 Å². The van der Waals surface area contributed by atoms with Gasteiger partial charge >= 0.3 is 0 Å².